The Balaban J connectivity index is 3.43. The number of ether oxygens (including phenoxy) is 1. The Kier molecular flexibility index (Phi) is 9.16. The summed E-state index contributed by atoms with van der Waals surface area (Å²) in [5, 5.41) is 0. The molecule has 1 aromatic rings. The van der Waals surface area contributed by atoms with Gasteiger partial charge < -0.3 is 9.16 Å². The van der Waals surface area contributed by atoms with Crippen LogP contribution < -0.4 is 0 Å². The summed E-state index contributed by atoms with van der Waals surface area (Å²) >= 11 is 0. The largest absolute Gasteiger partial charge is 0.463 e. The number of carbonyl (C=O) groups excluding carboxylic acids is 1. The molecule has 3 nitrogen and oxygen atoms in total. The Morgan fingerprint density at radius 1 is 1.00 bits per heavy atom. The topological polar surface area (TPSA) is 35.5 Å². The molecule has 0 aliphatic heterocycles. The van der Waals surface area contributed by atoms with Crippen LogP contribution in [0.2, 0.25) is 16.6 Å². The van der Waals surface area contributed by atoms with E-state index in [9.17, 15) is 4.79 Å². The first-order valence-corrected chi connectivity index (χ1v) is 12.7. The Morgan fingerprint density at radius 2 is 1.50 bits per heavy atom. The lowest BCUT2D eigenvalue weighted by atomic mass is 9.82. The summed E-state index contributed by atoms with van der Waals surface area (Å²) in [5.74, 6) is -0.303. The number of carbonyl (C=O) groups is 1. The predicted molar refractivity (Wildman–Crippen MR) is 121 cm³/mol. The van der Waals surface area contributed by atoms with Crippen LogP contribution in [0.5, 0.6) is 0 Å². The van der Waals surface area contributed by atoms with Crippen LogP contribution in [0.25, 0.3) is 0 Å². The van der Waals surface area contributed by atoms with Gasteiger partial charge in [-0.2, -0.15) is 0 Å². The van der Waals surface area contributed by atoms with Crippen molar-refractivity contribution in [2.24, 2.45) is 5.41 Å². The predicted octanol–water partition coefficient (Wildman–Crippen LogP) is 7.07. The van der Waals surface area contributed by atoms with Crippen molar-refractivity contribution in [2.75, 3.05) is 6.61 Å². The third-order valence-corrected chi connectivity index (χ3v) is 11.8. The fourth-order valence-corrected chi connectivity index (χ4v) is 10.1. The van der Waals surface area contributed by atoms with E-state index in [1.54, 1.807) is 6.08 Å². The molecule has 0 heterocycles. The fraction of sp³-hybridized carbons (Fsp3) is 0.625. The van der Waals surface area contributed by atoms with E-state index in [0.717, 1.165) is 5.56 Å². The fourth-order valence-electron chi connectivity index (χ4n) is 4.45. The maximum atomic E-state index is 11.9. The molecule has 1 atom stereocenters. The lowest BCUT2D eigenvalue weighted by molar-refractivity contribution is -0.137. The monoisotopic (exact) mass is 404 g/mol. The first-order valence-electron chi connectivity index (χ1n) is 10.6. The zero-order chi connectivity index (χ0) is 21.5. The molecule has 0 amide bonds. The smallest absolute Gasteiger partial charge is 0.330 e. The number of hydrogen-bond acceptors (Lipinski definition) is 3. The third kappa shape index (κ3) is 5.80. The minimum Gasteiger partial charge on any atom is -0.463 e. The Labute approximate surface area is 173 Å². The van der Waals surface area contributed by atoms with E-state index in [1.165, 1.54) is 0 Å². The van der Waals surface area contributed by atoms with Crippen molar-refractivity contribution in [3.05, 3.63) is 48.0 Å². The number of rotatable bonds is 10. The first kappa shape index (κ1) is 24.6. The molecule has 0 radical (unpaired) electrons. The maximum Gasteiger partial charge on any atom is 0.330 e. The standard InChI is InChI=1S/C24H40O3Si/c1-10-26-22(25)16-17-24(8,9)23(21-14-12-11-13-15-21)27-28(18(2)3,19(4)5)20(6)7/h11-20,23H,10H2,1-9H3/b17-16+. The van der Waals surface area contributed by atoms with E-state index >= 15 is 0 Å². The van der Waals surface area contributed by atoms with Crippen molar-refractivity contribution < 1.29 is 14.0 Å². The number of benzene rings is 1. The van der Waals surface area contributed by atoms with E-state index in [4.69, 9.17) is 9.16 Å². The van der Waals surface area contributed by atoms with Crippen LogP contribution in [0.3, 0.4) is 0 Å². The number of hydrogen-bond donors (Lipinski definition) is 0. The molecule has 0 bridgehead atoms. The van der Waals surface area contributed by atoms with Gasteiger partial charge in [-0.05, 0) is 29.1 Å². The molecule has 4 heteroatoms. The molecule has 0 fully saturated rings. The summed E-state index contributed by atoms with van der Waals surface area (Å²) in [4.78, 5) is 11.9. The summed E-state index contributed by atoms with van der Waals surface area (Å²) in [5.41, 5.74) is 2.26. The SMILES string of the molecule is CCOC(=O)/C=C/C(C)(C)C(O[Si](C(C)C)(C(C)C)C(C)C)c1ccccc1. The van der Waals surface area contributed by atoms with E-state index < -0.39 is 8.32 Å². The molecule has 0 spiro atoms. The van der Waals surface area contributed by atoms with Gasteiger partial charge in [-0.1, -0.05) is 91.8 Å². The summed E-state index contributed by atoms with van der Waals surface area (Å²) in [6.45, 7) is 20.3. The highest BCUT2D eigenvalue weighted by Crippen LogP contribution is 2.49. The summed E-state index contributed by atoms with van der Waals surface area (Å²) in [6.07, 6.45) is 3.37. The average molecular weight is 405 g/mol. The van der Waals surface area contributed by atoms with Crippen molar-refractivity contribution in [3.63, 3.8) is 0 Å². The molecule has 0 saturated carbocycles. The van der Waals surface area contributed by atoms with Crippen LogP contribution in [-0.4, -0.2) is 20.9 Å². The van der Waals surface area contributed by atoms with Gasteiger partial charge in [0.15, 0.2) is 0 Å². The quantitative estimate of drug-likeness (QED) is 0.238. The molecule has 0 saturated heterocycles. The molecule has 1 rings (SSSR count). The van der Waals surface area contributed by atoms with Crippen LogP contribution in [0, 0.1) is 5.41 Å². The van der Waals surface area contributed by atoms with E-state index in [1.807, 2.05) is 19.1 Å². The highest BCUT2D eigenvalue weighted by atomic mass is 28.4. The van der Waals surface area contributed by atoms with Crippen molar-refractivity contribution in [1.29, 1.82) is 0 Å². The van der Waals surface area contributed by atoms with Crippen molar-refractivity contribution >= 4 is 14.3 Å². The van der Waals surface area contributed by atoms with Crippen LogP contribution in [0.15, 0.2) is 42.5 Å². The van der Waals surface area contributed by atoms with Gasteiger partial charge in [0.2, 0.25) is 8.32 Å². The number of esters is 1. The van der Waals surface area contributed by atoms with Gasteiger partial charge >= 0.3 is 5.97 Å². The van der Waals surface area contributed by atoms with Crippen LogP contribution in [0.4, 0.5) is 0 Å². The van der Waals surface area contributed by atoms with Crippen LogP contribution in [-0.2, 0) is 14.0 Å². The van der Waals surface area contributed by atoms with Crippen LogP contribution in [0.1, 0.15) is 74.0 Å². The Hall–Kier alpha value is -1.39. The zero-order valence-corrected chi connectivity index (χ0v) is 20.3. The lowest BCUT2D eigenvalue weighted by Gasteiger charge is -2.47. The molecule has 28 heavy (non-hydrogen) atoms. The maximum absolute atomic E-state index is 11.9. The molecular weight excluding hydrogens is 364 g/mol. The Morgan fingerprint density at radius 3 is 1.93 bits per heavy atom. The second-order valence-electron chi connectivity index (χ2n) is 9.13. The highest BCUT2D eigenvalue weighted by molar-refractivity contribution is 6.77. The second kappa shape index (κ2) is 10.4. The van der Waals surface area contributed by atoms with E-state index in [0.29, 0.717) is 23.2 Å². The lowest BCUT2D eigenvalue weighted by Crippen LogP contribution is -2.50. The first-order chi connectivity index (χ1) is 13.0. The van der Waals surface area contributed by atoms with Gasteiger partial charge in [0.05, 0.1) is 12.7 Å². The summed E-state index contributed by atoms with van der Waals surface area (Å²) in [7, 11) is -2.10. The second-order valence-corrected chi connectivity index (χ2v) is 14.5. The molecule has 0 aromatic heterocycles. The van der Waals surface area contributed by atoms with Gasteiger partial charge in [0.25, 0.3) is 0 Å². The Bertz CT molecular complexity index is 611. The van der Waals surface area contributed by atoms with E-state index in [2.05, 4.69) is 79.7 Å². The van der Waals surface area contributed by atoms with Crippen LogP contribution >= 0.6 is 0 Å². The minimum absolute atomic E-state index is 0.127. The summed E-state index contributed by atoms with van der Waals surface area (Å²) in [6, 6.07) is 10.4. The zero-order valence-electron chi connectivity index (χ0n) is 19.3. The van der Waals surface area contributed by atoms with Crippen molar-refractivity contribution in [3.8, 4) is 0 Å². The third-order valence-electron chi connectivity index (χ3n) is 5.74. The van der Waals surface area contributed by atoms with Gasteiger partial charge in [-0.15, -0.1) is 0 Å². The van der Waals surface area contributed by atoms with Crippen molar-refractivity contribution in [2.45, 2.75) is 85.0 Å². The van der Waals surface area contributed by atoms with Crippen molar-refractivity contribution in [1.82, 2.24) is 0 Å². The molecule has 1 unspecified atom stereocenters. The molecular formula is C24H40O3Si. The average Bonchev–Trinajstić information content (AvgIpc) is 2.60. The van der Waals surface area contributed by atoms with Gasteiger partial charge in [0.1, 0.15) is 0 Å². The van der Waals surface area contributed by atoms with Gasteiger partial charge in [-0.3, -0.25) is 0 Å². The molecule has 0 aliphatic carbocycles. The molecule has 158 valence electrons. The highest BCUT2D eigenvalue weighted by Gasteiger charge is 2.48. The van der Waals surface area contributed by atoms with Gasteiger partial charge in [0, 0.05) is 11.5 Å². The minimum atomic E-state index is -2.10. The molecule has 1 aromatic carbocycles. The molecule has 0 N–H and O–H groups in total. The summed E-state index contributed by atoms with van der Waals surface area (Å²) < 4.78 is 12.3. The van der Waals surface area contributed by atoms with Gasteiger partial charge in [-0.25, -0.2) is 4.79 Å². The van der Waals surface area contributed by atoms with E-state index in [-0.39, 0.29) is 17.5 Å². The molecule has 0 aliphatic rings. The normalized spacial score (nSPS) is 14.3.